The molecule has 0 amide bonds. The van der Waals surface area contributed by atoms with Crippen molar-refractivity contribution in [3.05, 3.63) is 0 Å². The summed E-state index contributed by atoms with van der Waals surface area (Å²) in [5.41, 5.74) is -2.74. The Balaban J connectivity index is -0.000000165. The van der Waals surface area contributed by atoms with Crippen LogP contribution in [-0.2, 0) is 52.2 Å². The summed E-state index contributed by atoms with van der Waals surface area (Å²) in [6.07, 6.45) is -2.29. The van der Waals surface area contributed by atoms with Crippen LogP contribution in [0, 0.1) is 0 Å². The van der Waals surface area contributed by atoms with Crippen LogP contribution in [0.4, 0.5) is 0 Å². The molecule has 0 rings (SSSR count). The molecule has 0 aromatic heterocycles. The van der Waals surface area contributed by atoms with Gasteiger partial charge in [0.1, 0.15) is 0 Å². The van der Waals surface area contributed by atoms with Crippen molar-refractivity contribution < 1.29 is 77.7 Å². The minimum atomic E-state index is -2.74. The predicted molar refractivity (Wildman–Crippen MR) is 50.4 cm³/mol. The van der Waals surface area contributed by atoms with E-state index in [-0.39, 0.29) is 33.0 Å². The second kappa shape index (κ2) is 11.9. The van der Waals surface area contributed by atoms with Gasteiger partial charge >= 0.3 is 17.9 Å². The monoisotopic (exact) mass is 368 g/mol. The molecule has 19 heavy (non-hydrogen) atoms. The Morgan fingerprint density at radius 3 is 1.16 bits per heavy atom. The Kier molecular flexibility index (Phi) is 16.5. The summed E-state index contributed by atoms with van der Waals surface area (Å²) in [6, 6.07) is 0. The van der Waals surface area contributed by atoms with Crippen molar-refractivity contribution in [3.8, 4) is 0 Å². The number of hydrogen-bond donors (Lipinski definition) is 5. The summed E-state index contributed by atoms with van der Waals surface area (Å²) >= 11 is 0. The van der Waals surface area contributed by atoms with Crippen molar-refractivity contribution in [2.45, 2.75) is 25.4 Å². The summed E-state index contributed by atoms with van der Waals surface area (Å²) in [5, 5.41) is 41.2. The fourth-order valence-corrected chi connectivity index (χ4v) is 0.714. The smallest absolute Gasteiger partial charge is 0.336 e. The molecule has 0 unspecified atom stereocenters. The van der Waals surface area contributed by atoms with E-state index in [2.05, 4.69) is 0 Å². The van der Waals surface area contributed by atoms with Gasteiger partial charge in [-0.25, -0.2) is 4.79 Å². The van der Waals surface area contributed by atoms with E-state index < -0.39 is 42.3 Å². The number of carbonyl (C=O) groups is 4. The molecular formula is C8H12Ni2O9. The van der Waals surface area contributed by atoms with Crippen LogP contribution < -0.4 is 0 Å². The normalized spacial score (nSPS) is 8.74. The van der Waals surface area contributed by atoms with Gasteiger partial charge in [0.05, 0.1) is 12.8 Å². The minimum absolute atomic E-state index is 0. The molecule has 0 atom stereocenters. The molecule has 11 heteroatoms. The third-order valence-corrected chi connectivity index (χ3v) is 1.29. The Labute approximate surface area is 127 Å². The van der Waals surface area contributed by atoms with Gasteiger partial charge in [0.2, 0.25) is 0 Å². The van der Waals surface area contributed by atoms with Gasteiger partial charge in [0.15, 0.2) is 5.60 Å². The van der Waals surface area contributed by atoms with Crippen LogP contribution in [-0.4, -0.2) is 55.0 Å². The maximum absolute atomic E-state index is 10.3. The van der Waals surface area contributed by atoms with Crippen LogP contribution in [0.2, 0.25) is 0 Å². The summed E-state index contributed by atoms with van der Waals surface area (Å²) in [4.78, 5) is 39.5. The molecule has 0 aromatic carbocycles. The standard InChI is InChI=1S/C6H8O7.C2H4O2.2Ni/c7-3(8)1-6(13,5(11)12)2-4(9)10;1-2(3)4;;/h13H,1-2H2,(H,7,8)(H,9,10)(H,11,12);1H3,(H,3,4);;. The van der Waals surface area contributed by atoms with E-state index in [1.807, 2.05) is 0 Å². The van der Waals surface area contributed by atoms with Crippen LogP contribution in [0.5, 0.6) is 0 Å². The molecule has 118 valence electrons. The Bertz CT molecular complexity index is 308. The minimum Gasteiger partial charge on any atom is -0.481 e. The summed E-state index contributed by atoms with van der Waals surface area (Å²) in [6.45, 7) is 1.08. The van der Waals surface area contributed by atoms with Gasteiger partial charge in [-0.15, -0.1) is 0 Å². The molecule has 0 saturated heterocycles. The molecule has 9 nitrogen and oxygen atoms in total. The molecule has 0 radical (unpaired) electrons. The van der Waals surface area contributed by atoms with Crippen LogP contribution in [0.25, 0.3) is 0 Å². The third kappa shape index (κ3) is 16.8. The summed E-state index contributed by atoms with van der Waals surface area (Å²) in [5.74, 6) is -5.85. The number of aliphatic carboxylic acids is 4. The van der Waals surface area contributed by atoms with Crippen molar-refractivity contribution >= 4 is 23.9 Å². The van der Waals surface area contributed by atoms with Crippen molar-refractivity contribution in [2.75, 3.05) is 0 Å². The molecule has 0 fully saturated rings. The first-order chi connectivity index (χ1) is 7.51. The Morgan fingerprint density at radius 2 is 1.05 bits per heavy atom. The van der Waals surface area contributed by atoms with Gasteiger partial charge < -0.3 is 25.5 Å². The summed E-state index contributed by atoms with van der Waals surface area (Å²) in [7, 11) is 0. The van der Waals surface area contributed by atoms with Gasteiger partial charge in [-0.05, 0) is 0 Å². The fraction of sp³-hybridized carbons (Fsp3) is 0.500. The zero-order valence-corrected chi connectivity index (χ0v) is 11.4. The van der Waals surface area contributed by atoms with E-state index >= 15 is 0 Å². The van der Waals surface area contributed by atoms with E-state index in [0.29, 0.717) is 0 Å². The topological polar surface area (TPSA) is 169 Å². The largest absolute Gasteiger partial charge is 0.481 e. The molecule has 0 aliphatic carbocycles. The zero-order valence-electron chi connectivity index (χ0n) is 9.42. The first-order valence-corrected chi connectivity index (χ1v) is 4.10. The zero-order chi connectivity index (χ0) is 14.2. The van der Waals surface area contributed by atoms with Crippen molar-refractivity contribution in [1.29, 1.82) is 0 Å². The van der Waals surface area contributed by atoms with E-state index in [0.717, 1.165) is 6.92 Å². The van der Waals surface area contributed by atoms with Crippen LogP contribution in [0.1, 0.15) is 19.8 Å². The average molecular weight is 370 g/mol. The van der Waals surface area contributed by atoms with E-state index in [1.165, 1.54) is 0 Å². The molecule has 5 N–H and O–H groups in total. The molecule has 0 aliphatic rings. The number of carboxylic acids is 4. The van der Waals surface area contributed by atoms with Gasteiger partial charge in [-0.2, -0.15) is 0 Å². The van der Waals surface area contributed by atoms with E-state index in [9.17, 15) is 14.4 Å². The van der Waals surface area contributed by atoms with Gasteiger partial charge in [-0.3, -0.25) is 14.4 Å². The molecule has 0 spiro atoms. The molecule has 0 aromatic rings. The van der Waals surface area contributed by atoms with Gasteiger partial charge in [-0.1, -0.05) is 0 Å². The molecule has 0 heterocycles. The SMILES string of the molecule is CC(=O)O.O=C(O)CC(O)(CC(=O)O)C(=O)O.[Ni].[Ni]. The Hall–Kier alpha value is -1.17. The fourth-order valence-electron chi connectivity index (χ4n) is 0.714. The molecular weight excluding hydrogens is 357 g/mol. The number of aliphatic hydroxyl groups is 1. The second-order valence-corrected chi connectivity index (χ2v) is 3.00. The predicted octanol–water partition coefficient (Wildman–Crippen LogP) is -1.16. The van der Waals surface area contributed by atoms with Crippen molar-refractivity contribution in [3.63, 3.8) is 0 Å². The van der Waals surface area contributed by atoms with Crippen molar-refractivity contribution in [2.24, 2.45) is 0 Å². The maximum Gasteiger partial charge on any atom is 0.336 e. The third-order valence-electron chi connectivity index (χ3n) is 1.29. The Morgan fingerprint density at radius 1 is 0.842 bits per heavy atom. The van der Waals surface area contributed by atoms with E-state index in [4.69, 9.17) is 30.3 Å². The molecule has 0 bridgehead atoms. The van der Waals surface area contributed by atoms with Crippen LogP contribution in [0.15, 0.2) is 0 Å². The first-order valence-electron chi connectivity index (χ1n) is 4.10. The summed E-state index contributed by atoms with van der Waals surface area (Å²) < 4.78 is 0. The van der Waals surface area contributed by atoms with Crippen LogP contribution >= 0.6 is 0 Å². The van der Waals surface area contributed by atoms with Gasteiger partial charge in [0.25, 0.3) is 5.97 Å². The number of hydrogen-bond acceptors (Lipinski definition) is 5. The molecule has 0 aliphatic heterocycles. The van der Waals surface area contributed by atoms with E-state index in [1.54, 1.807) is 0 Å². The van der Waals surface area contributed by atoms with Crippen LogP contribution in [0.3, 0.4) is 0 Å². The number of carboxylic acid groups (broad SMARTS) is 4. The maximum atomic E-state index is 10.3. The van der Waals surface area contributed by atoms with Gasteiger partial charge in [0, 0.05) is 39.9 Å². The second-order valence-electron chi connectivity index (χ2n) is 3.00. The molecule has 0 saturated carbocycles. The quantitative estimate of drug-likeness (QED) is 0.375. The first kappa shape index (κ1) is 26.4. The van der Waals surface area contributed by atoms with Crippen molar-refractivity contribution in [1.82, 2.24) is 0 Å². The number of rotatable bonds is 5. The average Bonchev–Trinajstić information content (AvgIpc) is 1.98.